The Balaban J connectivity index is 2.25. The summed E-state index contributed by atoms with van der Waals surface area (Å²) in [7, 11) is 0. The second-order valence-electron chi connectivity index (χ2n) is 3.13. The third-order valence-corrected chi connectivity index (χ3v) is 2.37. The fraction of sp³-hybridized carbons (Fsp3) is 0.600. The molecular formula is C10H13+. The van der Waals surface area contributed by atoms with E-state index in [0.717, 1.165) is 0 Å². The molecule has 0 bridgehead atoms. The highest BCUT2D eigenvalue weighted by molar-refractivity contribution is 5.33. The van der Waals surface area contributed by atoms with Crippen LogP contribution in [0.25, 0.3) is 0 Å². The number of fused-ring (bicyclic) bond motifs is 1. The van der Waals surface area contributed by atoms with Crippen molar-refractivity contribution < 1.29 is 0 Å². The number of hydrogen-bond donors (Lipinski definition) is 0. The lowest BCUT2D eigenvalue weighted by molar-refractivity contribution is 0.843. The van der Waals surface area contributed by atoms with Crippen molar-refractivity contribution in [3.63, 3.8) is 0 Å². The van der Waals surface area contributed by atoms with E-state index in [1.165, 1.54) is 44.1 Å². The van der Waals surface area contributed by atoms with E-state index in [2.05, 4.69) is 12.2 Å². The zero-order valence-electron chi connectivity index (χ0n) is 6.32. The first-order chi connectivity index (χ1) is 4.97. The molecule has 2 rings (SSSR count). The Morgan fingerprint density at radius 3 is 3.20 bits per heavy atom. The zero-order valence-corrected chi connectivity index (χ0v) is 6.32. The summed E-state index contributed by atoms with van der Waals surface area (Å²) < 4.78 is 0. The van der Waals surface area contributed by atoms with Crippen LogP contribution in [0.1, 0.15) is 38.5 Å². The summed E-state index contributed by atoms with van der Waals surface area (Å²) in [5, 5.41) is 0. The van der Waals surface area contributed by atoms with Gasteiger partial charge in [-0.2, -0.15) is 0 Å². The normalized spacial score (nSPS) is 24.0. The lowest BCUT2D eigenvalue weighted by atomic mass is 10.1. The molecule has 0 radical (unpaired) electrons. The van der Waals surface area contributed by atoms with Crippen LogP contribution in [0.3, 0.4) is 0 Å². The average Bonchev–Trinajstić information content (AvgIpc) is 2.28. The Bertz CT molecular complexity index is 164. The van der Waals surface area contributed by atoms with Gasteiger partial charge in [-0.1, -0.05) is 0 Å². The lowest BCUT2D eigenvalue weighted by Crippen LogP contribution is -1.75. The fourth-order valence-electron chi connectivity index (χ4n) is 1.81. The molecule has 0 heterocycles. The van der Waals surface area contributed by atoms with Crippen LogP contribution < -0.4 is 0 Å². The van der Waals surface area contributed by atoms with Crippen molar-refractivity contribution in [2.24, 2.45) is 0 Å². The van der Waals surface area contributed by atoms with E-state index in [9.17, 15) is 0 Å². The van der Waals surface area contributed by atoms with Gasteiger partial charge in [0, 0.05) is 18.9 Å². The SMILES string of the molecule is [C+]1=C2CCCC2=CCCC1. The van der Waals surface area contributed by atoms with Crippen molar-refractivity contribution in [2.45, 2.75) is 38.5 Å². The molecule has 0 aliphatic heterocycles. The van der Waals surface area contributed by atoms with E-state index in [0.29, 0.717) is 0 Å². The van der Waals surface area contributed by atoms with Crippen LogP contribution in [0, 0.1) is 6.08 Å². The summed E-state index contributed by atoms with van der Waals surface area (Å²) in [5.74, 6) is 0. The van der Waals surface area contributed by atoms with Gasteiger partial charge in [-0.05, 0) is 19.3 Å². The maximum absolute atomic E-state index is 3.49. The molecule has 0 aromatic carbocycles. The first-order valence-corrected chi connectivity index (χ1v) is 4.26. The Hall–Kier alpha value is -0.610. The van der Waals surface area contributed by atoms with Gasteiger partial charge in [-0.25, -0.2) is 0 Å². The Morgan fingerprint density at radius 1 is 1.20 bits per heavy atom. The van der Waals surface area contributed by atoms with Crippen LogP contribution in [0.4, 0.5) is 0 Å². The molecule has 10 heavy (non-hydrogen) atoms. The second kappa shape index (κ2) is 2.56. The average molecular weight is 133 g/mol. The smallest absolute Gasteiger partial charge is 0.0230 e. The van der Waals surface area contributed by atoms with Crippen molar-refractivity contribution in [3.05, 3.63) is 23.3 Å². The maximum atomic E-state index is 3.49. The molecule has 0 saturated heterocycles. The van der Waals surface area contributed by atoms with Gasteiger partial charge in [0.1, 0.15) is 0 Å². The summed E-state index contributed by atoms with van der Waals surface area (Å²) in [6.07, 6.45) is 13.7. The van der Waals surface area contributed by atoms with Crippen molar-refractivity contribution in [1.82, 2.24) is 0 Å². The number of allylic oxidation sites excluding steroid dienone is 4. The molecule has 0 spiro atoms. The lowest BCUT2D eigenvalue weighted by Gasteiger charge is -1.81. The minimum atomic E-state index is 1.19. The highest BCUT2D eigenvalue weighted by atomic mass is 14.2. The molecule has 0 amide bonds. The minimum Gasteiger partial charge on any atom is -0.0230 e. The molecule has 0 aromatic rings. The van der Waals surface area contributed by atoms with Gasteiger partial charge in [-0.3, -0.25) is 0 Å². The summed E-state index contributed by atoms with van der Waals surface area (Å²) >= 11 is 0. The van der Waals surface area contributed by atoms with Crippen LogP contribution in [0.5, 0.6) is 0 Å². The molecule has 1 saturated carbocycles. The number of rotatable bonds is 0. The fourth-order valence-corrected chi connectivity index (χ4v) is 1.81. The summed E-state index contributed by atoms with van der Waals surface area (Å²) in [6.45, 7) is 0. The first kappa shape index (κ1) is 6.12. The Labute approximate surface area is 62.6 Å². The van der Waals surface area contributed by atoms with Gasteiger partial charge in [0.05, 0.1) is 18.1 Å². The molecule has 0 nitrogen and oxygen atoms in total. The van der Waals surface area contributed by atoms with Crippen molar-refractivity contribution >= 4 is 0 Å². The van der Waals surface area contributed by atoms with Gasteiger partial charge in [0.2, 0.25) is 0 Å². The third-order valence-electron chi connectivity index (χ3n) is 2.37. The summed E-state index contributed by atoms with van der Waals surface area (Å²) in [6, 6.07) is 0. The molecule has 0 unspecified atom stereocenters. The van der Waals surface area contributed by atoms with Crippen molar-refractivity contribution in [1.29, 1.82) is 0 Å². The highest BCUT2D eigenvalue weighted by Crippen LogP contribution is 2.32. The van der Waals surface area contributed by atoms with Gasteiger partial charge >= 0.3 is 0 Å². The number of hydrogen-bond acceptors (Lipinski definition) is 0. The zero-order chi connectivity index (χ0) is 6.81. The second-order valence-corrected chi connectivity index (χ2v) is 3.13. The van der Waals surface area contributed by atoms with E-state index >= 15 is 0 Å². The molecule has 0 atom stereocenters. The van der Waals surface area contributed by atoms with Crippen molar-refractivity contribution in [2.75, 3.05) is 0 Å². The monoisotopic (exact) mass is 133 g/mol. The summed E-state index contributed by atoms with van der Waals surface area (Å²) in [5.41, 5.74) is 3.15. The first-order valence-electron chi connectivity index (χ1n) is 4.26. The standard InChI is InChI=1S/C10H13/c1-2-5-9-7-4-8-10(9)6-3-1/h5H,1-4,7-8H2/q+1. The van der Waals surface area contributed by atoms with Gasteiger partial charge in [-0.15, -0.1) is 0 Å². The van der Waals surface area contributed by atoms with E-state index in [-0.39, 0.29) is 0 Å². The van der Waals surface area contributed by atoms with E-state index < -0.39 is 0 Å². The van der Waals surface area contributed by atoms with E-state index in [1.807, 2.05) is 0 Å². The minimum absolute atomic E-state index is 1.19. The molecule has 52 valence electrons. The largest absolute Gasteiger partial charge is 0.169 e. The molecule has 2 aliphatic carbocycles. The predicted molar refractivity (Wildman–Crippen MR) is 42.5 cm³/mol. The van der Waals surface area contributed by atoms with Crippen molar-refractivity contribution in [3.8, 4) is 0 Å². The molecule has 0 N–H and O–H groups in total. The third kappa shape index (κ3) is 0.998. The van der Waals surface area contributed by atoms with Crippen LogP contribution in [0.15, 0.2) is 17.2 Å². The summed E-state index contributed by atoms with van der Waals surface area (Å²) in [4.78, 5) is 0. The predicted octanol–water partition coefficient (Wildman–Crippen LogP) is 3.01. The molecule has 1 fully saturated rings. The highest BCUT2D eigenvalue weighted by Gasteiger charge is 2.24. The molecule has 0 aromatic heterocycles. The maximum Gasteiger partial charge on any atom is 0.169 e. The van der Waals surface area contributed by atoms with Gasteiger partial charge in [0.25, 0.3) is 0 Å². The molecule has 2 aliphatic rings. The van der Waals surface area contributed by atoms with Crippen LogP contribution >= 0.6 is 0 Å². The Kier molecular flexibility index (Phi) is 1.56. The van der Waals surface area contributed by atoms with Crippen LogP contribution in [-0.2, 0) is 0 Å². The molecule has 0 heteroatoms. The van der Waals surface area contributed by atoms with Crippen LogP contribution in [-0.4, -0.2) is 0 Å². The van der Waals surface area contributed by atoms with Gasteiger partial charge in [0.15, 0.2) is 5.57 Å². The quantitative estimate of drug-likeness (QED) is 0.445. The van der Waals surface area contributed by atoms with Gasteiger partial charge < -0.3 is 0 Å². The Morgan fingerprint density at radius 2 is 2.20 bits per heavy atom. The molecular weight excluding hydrogens is 120 g/mol. The van der Waals surface area contributed by atoms with E-state index in [4.69, 9.17) is 0 Å². The topological polar surface area (TPSA) is 0 Å². The van der Waals surface area contributed by atoms with Crippen LogP contribution in [0.2, 0.25) is 0 Å². The van der Waals surface area contributed by atoms with E-state index in [1.54, 1.807) is 5.57 Å².